The largest absolute Gasteiger partial charge is 0.493 e. The van der Waals surface area contributed by atoms with Crippen molar-refractivity contribution in [3.05, 3.63) is 36.7 Å². The highest BCUT2D eigenvalue weighted by atomic mass is 16.5. The van der Waals surface area contributed by atoms with Crippen molar-refractivity contribution in [3.63, 3.8) is 0 Å². The van der Waals surface area contributed by atoms with Crippen LogP contribution in [0.15, 0.2) is 36.7 Å². The molecule has 0 aliphatic carbocycles. The summed E-state index contributed by atoms with van der Waals surface area (Å²) in [5.41, 5.74) is 0. The van der Waals surface area contributed by atoms with E-state index in [4.69, 9.17) is 9.47 Å². The molecule has 0 aliphatic heterocycles. The lowest BCUT2D eigenvalue weighted by Gasteiger charge is -2.21. The molecule has 0 radical (unpaired) electrons. The Labute approximate surface area is 131 Å². The lowest BCUT2D eigenvalue weighted by molar-refractivity contribution is 0.374. The van der Waals surface area contributed by atoms with Crippen LogP contribution in [-0.2, 0) is 0 Å². The van der Waals surface area contributed by atoms with Crippen LogP contribution in [0.2, 0.25) is 0 Å². The first-order valence-corrected chi connectivity index (χ1v) is 7.66. The van der Waals surface area contributed by atoms with E-state index in [0.29, 0.717) is 17.4 Å². The third kappa shape index (κ3) is 4.10. The number of ether oxygens (including phenoxy) is 2. The number of anilines is 1. The van der Waals surface area contributed by atoms with Crippen molar-refractivity contribution in [2.75, 3.05) is 25.1 Å². The van der Waals surface area contributed by atoms with Gasteiger partial charge in [-0.1, -0.05) is 25.5 Å². The first-order valence-electron chi connectivity index (χ1n) is 7.66. The summed E-state index contributed by atoms with van der Waals surface area (Å²) in [6.45, 7) is 6.20. The molecule has 0 fully saturated rings. The number of aromatic nitrogens is 2. The molecule has 0 N–H and O–H groups in total. The van der Waals surface area contributed by atoms with Crippen molar-refractivity contribution in [2.45, 2.75) is 26.7 Å². The summed E-state index contributed by atoms with van der Waals surface area (Å²) in [6, 6.07) is 9.39. The van der Waals surface area contributed by atoms with E-state index in [2.05, 4.69) is 28.7 Å². The Balaban J connectivity index is 2.17. The molecule has 22 heavy (non-hydrogen) atoms. The molecule has 0 atom stereocenters. The van der Waals surface area contributed by atoms with Crippen LogP contribution < -0.4 is 14.4 Å². The highest BCUT2D eigenvalue weighted by Gasteiger charge is 2.10. The van der Waals surface area contributed by atoms with Crippen LogP contribution in [0.4, 0.5) is 5.82 Å². The summed E-state index contributed by atoms with van der Waals surface area (Å²) in [5.74, 6) is 2.73. The van der Waals surface area contributed by atoms with E-state index in [1.54, 1.807) is 7.11 Å². The molecule has 5 nitrogen and oxygen atoms in total. The number of methoxy groups -OCH3 is 1. The van der Waals surface area contributed by atoms with Gasteiger partial charge in [-0.3, -0.25) is 0 Å². The van der Waals surface area contributed by atoms with Gasteiger partial charge in [0, 0.05) is 19.2 Å². The van der Waals surface area contributed by atoms with Crippen LogP contribution in [-0.4, -0.2) is 30.2 Å². The molecule has 2 rings (SSSR count). The Kier molecular flexibility index (Phi) is 6.01. The summed E-state index contributed by atoms with van der Waals surface area (Å²) >= 11 is 0. The van der Waals surface area contributed by atoms with Crippen molar-refractivity contribution in [2.24, 2.45) is 0 Å². The van der Waals surface area contributed by atoms with Gasteiger partial charge in [0.2, 0.25) is 5.88 Å². The zero-order valence-corrected chi connectivity index (χ0v) is 13.5. The molecular weight excluding hydrogens is 278 g/mol. The smallest absolute Gasteiger partial charge is 0.224 e. The second kappa shape index (κ2) is 8.22. The number of para-hydroxylation sites is 2. The fourth-order valence-electron chi connectivity index (χ4n) is 2.16. The van der Waals surface area contributed by atoms with Gasteiger partial charge in [-0.25, -0.2) is 9.97 Å². The monoisotopic (exact) mass is 301 g/mol. The normalized spacial score (nSPS) is 10.3. The number of unbranched alkanes of at least 4 members (excludes halogenated alkanes) is 1. The predicted octanol–water partition coefficient (Wildman–Crippen LogP) is 3.90. The SMILES string of the molecule is CCCCN(CC)c1cc(Oc2ccccc2OC)ncn1. The maximum atomic E-state index is 5.84. The highest BCUT2D eigenvalue weighted by Crippen LogP contribution is 2.30. The molecular formula is C17H23N3O2. The van der Waals surface area contributed by atoms with Gasteiger partial charge in [0.15, 0.2) is 11.5 Å². The second-order valence-corrected chi connectivity index (χ2v) is 4.90. The number of rotatable bonds is 8. The van der Waals surface area contributed by atoms with Gasteiger partial charge in [-0.2, -0.15) is 0 Å². The van der Waals surface area contributed by atoms with Crippen LogP contribution >= 0.6 is 0 Å². The van der Waals surface area contributed by atoms with E-state index in [9.17, 15) is 0 Å². The summed E-state index contributed by atoms with van der Waals surface area (Å²) in [6.07, 6.45) is 3.83. The van der Waals surface area contributed by atoms with Gasteiger partial charge >= 0.3 is 0 Å². The van der Waals surface area contributed by atoms with Crippen LogP contribution in [0.3, 0.4) is 0 Å². The molecule has 0 saturated carbocycles. The molecule has 1 aromatic carbocycles. The molecule has 5 heteroatoms. The number of hydrogen-bond acceptors (Lipinski definition) is 5. The minimum atomic E-state index is 0.518. The maximum absolute atomic E-state index is 5.84. The topological polar surface area (TPSA) is 47.5 Å². The maximum Gasteiger partial charge on any atom is 0.224 e. The zero-order valence-electron chi connectivity index (χ0n) is 13.5. The lowest BCUT2D eigenvalue weighted by atomic mass is 10.3. The summed E-state index contributed by atoms with van der Waals surface area (Å²) in [4.78, 5) is 10.8. The number of nitrogens with zero attached hydrogens (tertiary/aromatic N) is 3. The Hall–Kier alpha value is -2.30. The van der Waals surface area contributed by atoms with Gasteiger partial charge < -0.3 is 14.4 Å². The van der Waals surface area contributed by atoms with Gasteiger partial charge in [0.05, 0.1) is 7.11 Å². The van der Waals surface area contributed by atoms with Gasteiger partial charge in [-0.05, 0) is 25.5 Å². The first kappa shape index (κ1) is 16.1. The predicted molar refractivity (Wildman–Crippen MR) is 87.9 cm³/mol. The Bertz CT molecular complexity index is 590. The van der Waals surface area contributed by atoms with Crippen molar-refractivity contribution in [1.82, 2.24) is 9.97 Å². The number of benzene rings is 1. The van der Waals surface area contributed by atoms with E-state index in [1.807, 2.05) is 30.3 Å². The van der Waals surface area contributed by atoms with Gasteiger partial charge in [0.1, 0.15) is 12.1 Å². The van der Waals surface area contributed by atoms with Gasteiger partial charge in [-0.15, -0.1) is 0 Å². The van der Waals surface area contributed by atoms with E-state index >= 15 is 0 Å². The van der Waals surface area contributed by atoms with Crippen molar-refractivity contribution >= 4 is 5.82 Å². The minimum absolute atomic E-state index is 0.518. The molecule has 1 heterocycles. The molecule has 1 aromatic heterocycles. The van der Waals surface area contributed by atoms with Crippen LogP contribution in [0.1, 0.15) is 26.7 Å². The fraction of sp³-hybridized carbons (Fsp3) is 0.412. The zero-order chi connectivity index (χ0) is 15.8. The van der Waals surface area contributed by atoms with Gasteiger partial charge in [0.25, 0.3) is 0 Å². The molecule has 0 bridgehead atoms. The number of hydrogen-bond donors (Lipinski definition) is 0. The highest BCUT2D eigenvalue weighted by molar-refractivity contribution is 5.45. The Morgan fingerprint density at radius 1 is 1.09 bits per heavy atom. The minimum Gasteiger partial charge on any atom is -0.493 e. The van der Waals surface area contributed by atoms with E-state index < -0.39 is 0 Å². The molecule has 0 unspecified atom stereocenters. The van der Waals surface area contributed by atoms with Crippen LogP contribution in [0.25, 0.3) is 0 Å². The molecule has 0 saturated heterocycles. The first-order chi connectivity index (χ1) is 10.8. The van der Waals surface area contributed by atoms with E-state index in [0.717, 1.165) is 31.7 Å². The average Bonchev–Trinajstić information content (AvgIpc) is 2.56. The Morgan fingerprint density at radius 3 is 2.55 bits per heavy atom. The van der Waals surface area contributed by atoms with E-state index in [1.165, 1.54) is 6.33 Å². The molecule has 0 spiro atoms. The van der Waals surface area contributed by atoms with Crippen molar-refractivity contribution in [3.8, 4) is 17.4 Å². The average molecular weight is 301 g/mol. The van der Waals surface area contributed by atoms with Crippen LogP contribution in [0.5, 0.6) is 17.4 Å². The Morgan fingerprint density at radius 2 is 1.86 bits per heavy atom. The third-order valence-corrected chi connectivity index (χ3v) is 3.40. The molecule has 0 aliphatic rings. The quantitative estimate of drug-likeness (QED) is 0.740. The van der Waals surface area contributed by atoms with E-state index in [-0.39, 0.29) is 0 Å². The van der Waals surface area contributed by atoms with Crippen molar-refractivity contribution in [1.29, 1.82) is 0 Å². The summed E-state index contributed by atoms with van der Waals surface area (Å²) in [7, 11) is 1.62. The van der Waals surface area contributed by atoms with Crippen molar-refractivity contribution < 1.29 is 9.47 Å². The standard InChI is InChI=1S/C17H23N3O2/c1-4-6-11-20(5-2)16-12-17(19-13-18-16)22-15-10-8-7-9-14(15)21-3/h7-10,12-13H,4-6,11H2,1-3H3. The summed E-state index contributed by atoms with van der Waals surface area (Å²) < 4.78 is 11.1. The molecule has 2 aromatic rings. The molecule has 0 amide bonds. The lowest BCUT2D eigenvalue weighted by Crippen LogP contribution is -2.24. The third-order valence-electron chi connectivity index (χ3n) is 3.40. The fourth-order valence-corrected chi connectivity index (χ4v) is 2.16. The molecule has 118 valence electrons. The van der Waals surface area contributed by atoms with Crippen LogP contribution in [0, 0.1) is 0 Å². The summed E-state index contributed by atoms with van der Waals surface area (Å²) in [5, 5.41) is 0. The second-order valence-electron chi connectivity index (χ2n) is 4.90.